The van der Waals surface area contributed by atoms with Crippen LogP contribution in [0.25, 0.3) is 10.2 Å². The predicted molar refractivity (Wildman–Crippen MR) is 61.6 cm³/mol. The molecule has 0 radical (unpaired) electrons. The highest BCUT2D eigenvalue weighted by atomic mass is 79.9. The summed E-state index contributed by atoms with van der Waals surface area (Å²) in [5.74, 6) is 0. The molecule has 2 aromatic rings. The standard InChI is InChI=1S/C6H4Br2N4S/c7-1-3(9)4(10)2(8)6-5(1)11-12-13-6/h9-10H2. The highest BCUT2D eigenvalue weighted by Gasteiger charge is 2.15. The number of fused-ring (bicyclic) bond motifs is 1. The van der Waals surface area contributed by atoms with Crippen LogP contribution in [-0.2, 0) is 0 Å². The Morgan fingerprint density at radius 2 is 1.69 bits per heavy atom. The summed E-state index contributed by atoms with van der Waals surface area (Å²) < 4.78 is 6.19. The molecule has 0 saturated heterocycles. The quantitative estimate of drug-likeness (QED) is 0.730. The monoisotopic (exact) mass is 322 g/mol. The Balaban J connectivity index is 3.02. The van der Waals surface area contributed by atoms with E-state index in [9.17, 15) is 0 Å². The Kier molecular flexibility index (Phi) is 2.17. The van der Waals surface area contributed by atoms with Crippen LogP contribution in [-0.4, -0.2) is 9.59 Å². The topological polar surface area (TPSA) is 77.8 Å². The van der Waals surface area contributed by atoms with E-state index in [1.54, 1.807) is 0 Å². The van der Waals surface area contributed by atoms with Crippen LogP contribution in [0.3, 0.4) is 0 Å². The molecule has 0 amide bonds. The molecular formula is C6H4Br2N4S. The third-order valence-electron chi connectivity index (χ3n) is 1.66. The Bertz CT molecular complexity index is 439. The molecule has 1 aromatic carbocycles. The molecule has 4 N–H and O–H groups in total. The van der Waals surface area contributed by atoms with Gasteiger partial charge in [-0.1, -0.05) is 4.49 Å². The van der Waals surface area contributed by atoms with Gasteiger partial charge in [-0.2, -0.15) is 0 Å². The Morgan fingerprint density at radius 3 is 2.38 bits per heavy atom. The number of nitrogen functional groups attached to an aromatic ring is 2. The molecule has 0 atom stereocenters. The second kappa shape index (κ2) is 3.07. The van der Waals surface area contributed by atoms with Crippen molar-refractivity contribution in [2.75, 3.05) is 11.5 Å². The largest absolute Gasteiger partial charge is 0.396 e. The number of hydrogen-bond donors (Lipinski definition) is 2. The lowest BCUT2D eigenvalue weighted by atomic mass is 10.2. The summed E-state index contributed by atoms with van der Waals surface area (Å²) >= 11 is 7.95. The molecular weight excluding hydrogens is 320 g/mol. The number of aromatic nitrogens is 2. The van der Waals surface area contributed by atoms with E-state index in [0.29, 0.717) is 15.8 Å². The van der Waals surface area contributed by atoms with Crippen molar-refractivity contribution in [1.29, 1.82) is 0 Å². The van der Waals surface area contributed by atoms with Crippen LogP contribution in [0.15, 0.2) is 8.95 Å². The first-order valence-corrected chi connectivity index (χ1v) is 5.63. The molecule has 4 nitrogen and oxygen atoms in total. The lowest BCUT2D eigenvalue weighted by molar-refractivity contribution is 1.19. The van der Waals surface area contributed by atoms with Crippen LogP contribution in [0.1, 0.15) is 0 Å². The summed E-state index contributed by atoms with van der Waals surface area (Å²) in [6, 6.07) is 0. The fourth-order valence-corrected chi connectivity index (χ4v) is 2.83. The molecule has 1 aromatic heterocycles. The maximum atomic E-state index is 5.76. The second-order valence-corrected chi connectivity index (χ2v) is 4.75. The summed E-state index contributed by atoms with van der Waals surface area (Å²) in [6.45, 7) is 0. The molecule has 0 aliphatic carbocycles. The molecule has 68 valence electrons. The van der Waals surface area contributed by atoms with Gasteiger partial charge < -0.3 is 11.5 Å². The van der Waals surface area contributed by atoms with E-state index in [1.807, 2.05) is 0 Å². The summed E-state index contributed by atoms with van der Waals surface area (Å²) in [6.07, 6.45) is 0. The lowest BCUT2D eigenvalue weighted by Gasteiger charge is -2.05. The number of nitrogens with zero attached hydrogens (tertiary/aromatic N) is 2. The van der Waals surface area contributed by atoms with Gasteiger partial charge in [0, 0.05) is 0 Å². The number of nitrogens with two attached hydrogens (primary N) is 2. The van der Waals surface area contributed by atoms with Gasteiger partial charge in [-0.3, -0.25) is 0 Å². The molecule has 0 bridgehead atoms. The summed E-state index contributed by atoms with van der Waals surface area (Å²) in [7, 11) is 0. The molecule has 0 aliphatic heterocycles. The molecule has 0 fully saturated rings. The highest BCUT2D eigenvalue weighted by molar-refractivity contribution is 9.11. The molecule has 1 heterocycles. The van der Waals surface area contributed by atoms with Crippen molar-refractivity contribution < 1.29 is 0 Å². The van der Waals surface area contributed by atoms with Gasteiger partial charge in [0.15, 0.2) is 0 Å². The van der Waals surface area contributed by atoms with Crippen LogP contribution in [0.5, 0.6) is 0 Å². The van der Waals surface area contributed by atoms with E-state index in [1.165, 1.54) is 11.5 Å². The van der Waals surface area contributed by atoms with Crippen LogP contribution >= 0.6 is 43.4 Å². The van der Waals surface area contributed by atoms with E-state index < -0.39 is 0 Å². The second-order valence-electron chi connectivity index (χ2n) is 2.41. The number of rotatable bonds is 0. The van der Waals surface area contributed by atoms with Crippen molar-refractivity contribution in [3.8, 4) is 0 Å². The zero-order valence-electron chi connectivity index (χ0n) is 6.21. The van der Waals surface area contributed by atoms with E-state index in [0.717, 1.165) is 14.7 Å². The van der Waals surface area contributed by atoms with Crippen molar-refractivity contribution in [2.45, 2.75) is 0 Å². The maximum Gasteiger partial charge on any atom is 0.123 e. The zero-order chi connectivity index (χ0) is 9.59. The number of halogens is 2. The third-order valence-corrected chi connectivity index (χ3v) is 4.29. The molecule has 0 saturated carbocycles. The van der Waals surface area contributed by atoms with Crippen LogP contribution in [0.2, 0.25) is 0 Å². The van der Waals surface area contributed by atoms with E-state index >= 15 is 0 Å². The molecule has 0 aliphatic rings. The van der Waals surface area contributed by atoms with Crippen molar-refractivity contribution in [3.63, 3.8) is 0 Å². The average Bonchev–Trinajstić information content (AvgIpc) is 2.59. The number of hydrogen-bond acceptors (Lipinski definition) is 5. The molecule has 0 spiro atoms. The van der Waals surface area contributed by atoms with E-state index in [-0.39, 0.29) is 0 Å². The van der Waals surface area contributed by atoms with E-state index in [4.69, 9.17) is 11.5 Å². The van der Waals surface area contributed by atoms with Crippen LogP contribution in [0, 0.1) is 0 Å². The minimum atomic E-state index is 0.493. The minimum Gasteiger partial charge on any atom is -0.396 e. The van der Waals surface area contributed by atoms with Crippen molar-refractivity contribution in [3.05, 3.63) is 8.95 Å². The maximum absolute atomic E-state index is 5.76. The predicted octanol–water partition coefficient (Wildman–Crippen LogP) is 2.38. The third kappa shape index (κ3) is 1.22. The van der Waals surface area contributed by atoms with Crippen molar-refractivity contribution in [1.82, 2.24) is 9.59 Å². The van der Waals surface area contributed by atoms with Crippen LogP contribution < -0.4 is 11.5 Å². The van der Waals surface area contributed by atoms with E-state index in [2.05, 4.69) is 41.4 Å². The first-order chi connectivity index (χ1) is 6.13. The Morgan fingerprint density at radius 1 is 1.08 bits per heavy atom. The zero-order valence-corrected chi connectivity index (χ0v) is 10.2. The van der Waals surface area contributed by atoms with Gasteiger partial charge in [-0.25, -0.2) is 0 Å². The van der Waals surface area contributed by atoms with Gasteiger partial charge in [0.05, 0.1) is 25.0 Å². The fraction of sp³-hybridized carbons (Fsp3) is 0. The van der Waals surface area contributed by atoms with Crippen LogP contribution in [0.4, 0.5) is 11.4 Å². The van der Waals surface area contributed by atoms with Gasteiger partial charge in [0.25, 0.3) is 0 Å². The summed E-state index contributed by atoms with van der Waals surface area (Å²) in [5, 5.41) is 3.94. The minimum absolute atomic E-state index is 0.493. The van der Waals surface area contributed by atoms with Gasteiger partial charge in [-0.15, -0.1) is 5.10 Å². The first kappa shape index (κ1) is 9.17. The number of benzene rings is 1. The van der Waals surface area contributed by atoms with Crippen molar-refractivity contribution in [2.24, 2.45) is 0 Å². The van der Waals surface area contributed by atoms with Gasteiger partial charge in [0.2, 0.25) is 0 Å². The van der Waals surface area contributed by atoms with Gasteiger partial charge in [0.1, 0.15) is 5.52 Å². The number of anilines is 2. The Hall–Kier alpha value is -0.400. The molecule has 13 heavy (non-hydrogen) atoms. The summed E-state index contributed by atoms with van der Waals surface area (Å²) in [5.41, 5.74) is 13.3. The molecule has 2 rings (SSSR count). The highest BCUT2D eigenvalue weighted by Crippen LogP contribution is 2.41. The Labute approximate surface area is 94.7 Å². The molecule has 0 unspecified atom stereocenters. The normalized spacial score (nSPS) is 10.9. The fourth-order valence-electron chi connectivity index (χ4n) is 0.965. The average molecular weight is 324 g/mol. The smallest absolute Gasteiger partial charge is 0.123 e. The first-order valence-electron chi connectivity index (χ1n) is 3.27. The van der Waals surface area contributed by atoms with Gasteiger partial charge >= 0.3 is 0 Å². The SMILES string of the molecule is Nc1c(N)c(Br)c2snnc2c1Br. The van der Waals surface area contributed by atoms with Gasteiger partial charge in [-0.05, 0) is 43.4 Å². The summed E-state index contributed by atoms with van der Waals surface area (Å²) in [4.78, 5) is 0. The van der Waals surface area contributed by atoms with Crippen molar-refractivity contribution >= 4 is 65.0 Å². The lowest BCUT2D eigenvalue weighted by Crippen LogP contribution is -1.97. The molecule has 7 heteroatoms.